The van der Waals surface area contributed by atoms with E-state index in [1.54, 1.807) is 45.9 Å². The molecule has 1 aromatic carbocycles. The first-order valence-corrected chi connectivity index (χ1v) is 16.7. The van der Waals surface area contributed by atoms with Gasteiger partial charge in [-0.25, -0.2) is 14.4 Å². The molecule has 0 radical (unpaired) electrons. The van der Waals surface area contributed by atoms with Crippen LogP contribution in [0.4, 0.5) is 5.00 Å². The normalized spacial score (nSPS) is 11.4. The van der Waals surface area contributed by atoms with Gasteiger partial charge in [-0.1, -0.05) is 11.3 Å². The molecular weight excluding hydrogens is 631 g/mol. The van der Waals surface area contributed by atoms with Crippen LogP contribution in [-0.2, 0) is 35.1 Å². The molecule has 2 heterocycles. The van der Waals surface area contributed by atoms with Crippen molar-refractivity contribution in [3.05, 3.63) is 44.6 Å². The second-order valence-electron chi connectivity index (χ2n) is 8.88. The molecule has 0 fully saturated rings. The van der Waals surface area contributed by atoms with Gasteiger partial charge in [-0.2, -0.15) is 4.99 Å². The van der Waals surface area contributed by atoms with Crippen LogP contribution in [0.1, 0.15) is 63.6 Å². The van der Waals surface area contributed by atoms with Gasteiger partial charge in [0.2, 0.25) is 5.91 Å². The topological polar surface area (TPSA) is 152 Å². The fourth-order valence-electron chi connectivity index (χ4n) is 3.99. The van der Waals surface area contributed by atoms with Crippen LogP contribution in [-0.4, -0.2) is 78.8 Å². The number of nitrogens with one attached hydrogen (secondary N) is 1. The molecule has 3 aromatic rings. The van der Waals surface area contributed by atoms with E-state index in [0.29, 0.717) is 35.7 Å². The number of hydrogen-bond donors (Lipinski definition) is 1. The summed E-state index contributed by atoms with van der Waals surface area (Å²) in [7, 11) is 0. The molecule has 0 atom stereocenters. The maximum Gasteiger partial charge on any atom is 0.348 e. The van der Waals surface area contributed by atoms with Crippen LogP contribution in [0.5, 0.6) is 0 Å². The molecule has 2 aromatic heterocycles. The summed E-state index contributed by atoms with van der Waals surface area (Å²) in [6, 6.07) is 5.17. The largest absolute Gasteiger partial charge is 0.462 e. The van der Waals surface area contributed by atoms with Crippen molar-refractivity contribution in [2.75, 3.05) is 49.9 Å². The number of carbonyl (C=O) groups excluding carboxylic acids is 5. The van der Waals surface area contributed by atoms with Gasteiger partial charge in [-0.15, -0.1) is 23.1 Å². The Morgan fingerprint density at radius 1 is 0.886 bits per heavy atom. The minimum atomic E-state index is -0.663. The Hall–Kier alpha value is -3.53. The number of amides is 2. The van der Waals surface area contributed by atoms with Gasteiger partial charge in [0.15, 0.2) is 4.80 Å². The van der Waals surface area contributed by atoms with Crippen molar-refractivity contribution in [3.8, 4) is 0 Å². The highest BCUT2D eigenvalue weighted by Gasteiger charge is 2.27. The van der Waals surface area contributed by atoms with Gasteiger partial charge in [-0.05, 0) is 58.4 Å². The van der Waals surface area contributed by atoms with Crippen molar-refractivity contribution in [2.45, 2.75) is 41.2 Å². The molecule has 0 unspecified atom stereocenters. The third kappa shape index (κ3) is 9.00. The number of benzene rings is 1. The van der Waals surface area contributed by atoms with Crippen LogP contribution in [0.3, 0.4) is 0 Å². The van der Waals surface area contributed by atoms with E-state index < -0.39 is 29.7 Å². The molecule has 0 saturated carbocycles. The van der Waals surface area contributed by atoms with Crippen LogP contribution in [0.15, 0.2) is 23.2 Å². The van der Waals surface area contributed by atoms with E-state index in [1.807, 2.05) is 11.5 Å². The molecule has 1 N–H and O–H groups in total. The third-order valence-electron chi connectivity index (χ3n) is 5.88. The van der Waals surface area contributed by atoms with E-state index in [1.165, 1.54) is 11.3 Å². The molecule has 0 aliphatic carbocycles. The minimum absolute atomic E-state index is 0.0799. The highest BCUT2D eigenvalue weighted by atomic mass is 32.2. The number of esters is 3. The Morgan fingerprint density at radius 3 is 2.25 bits per heavy atom. The smallest absolute Gasteiger partial charge is 0.348 e. The number of rotatable bonds is 15. The minimum Gasteiger partial charge on any atom is -0.462 e. The summed E-state index contributed by atoms with van der Waals surface area (Å²) in [5.41, 5.74) is 1.65. The lowest BCUT2D eigenvalue weighted by Gasteiger charge is -2.07. The predicted octanol–water partition coefficient (Wildman–Crippen LogP) is 4.44. The summed E-state index contributed by atoms with van der Waals surface area (Å²) < 4.78 is 23.4. The monoisotopic (exact) mass is 665 g/mol. The molecule has 0 saturated heterocycles. The fraction of sp³-hybridized carbons (Fsp3) is 0.448. The highest BCUT2D eigenvalue weighted by Crippen LogP contribution is 2.34. The number of thiophene rings is 1. The van der Waals surface area contributed by atoms with Gasteiger partial charge in [0, 0.05) is 13.2 Å². The zero-order chi connectivity index (χ0) is 32.2. The van der Waals surface area contributed by atoms with E-state index in [0.717, 1.165) is 33.3 Å². The zero-order valence-electron chi connectivity index (χ0n) is 25.2. The summed E-state index contributed by atoms with van der Waals surface area (Å²) in [5.74, 6) is -2.79. The summed E-state index contributed by atoms with van der Waals surface area (Å²) in [6.07, 6.45) is 0. The number of aromatic nitrogens is 1. The highest BCUT2D eigenvalue weighted by molar-refractivity contribution is 8.00. The molecule has 0 spiro atoms. The quantitative estimate of drug-likeness (QED) is 0.140. The molecule has 15 heteroatoms. The first-order chi connectivity index (χ1) is 21.1. The fourth-order valence-corrected chi connectivity index (χ4v) is 6.81. The van der Waals surface area contributed by atoms with Crippen LogP contribution in [0.25, 0.3) is 10.2 Å². The molecule has 0 aliphatic heterocycles. The number of fused-ring (bicyclic) bond motifs is 1. The average Bonchev–Trinajstić information content (AvgIpc) is 3.49. The Morgan fingerprint density at radius 2 is 1.57 bits per heavy atom. The lowest BCUT2D eigenvalue weighted by atomic mass is 10.1. The SMILES string of the molecule is CCOCCn1c(=NC(=O)CSCC(=O)Nc2sc(C(=O)OCC)c(C)c2C(=O)OCC)sc2cc(C(=O)OCC)ccc21. The second kappa shape index (κ2) is 17.1. The Labute approximate surface area is 266 Å². The van der Waals surface area contributed by atoms with Gasteiger partial charge in [0.25, 0.3) is 5.91 Å². The lowest BCUT2D eigenvalue weighted by molar-refractivity contribution is -0.115. The molecule has 0 bridgehead atoms. The van der Waals surface area contributed by atoms with Gasteiger partial charge in [0.1, 0.15) is 9.88 Å². The number of thioether (sulfide) groups is 1. The number of nitrogens with zero attached hydrogens (tertiary/aromatic N) is 2. The molecule has 0 aliphatic rings. The van der Waals surface area contributed by atoms with E-state index in [4.69, 9.17) is 18.9 Å². The number of anilines is 1. The van der Waals surface area contributed by atoms with E-state index in [2.05, 4.69) is 10.3 Å². The maximum absolute atomic E-state index is 12.8. The number of carbonyl (C=O) groups is 5. The van der Waals surface area contributed by atoms with Gasteiger partial charge < -0.3 is 28.8 Å². The molecule has 3 rings (SSSR count). The molecule has 238 valence electrons. The average molecular weight is 666 g/mol. The summed E-state index contributed by atoms with van der Waals surface area (Å²) >= 11 is 3.25. The number of hydrogen-bond acceptors (Lipinski definition) is 12. The first-order valence-electron chi connectivity index (χ1n) is 14.0. The van der Waals surface area contributed by atoms with Crippen LogP contribution < -0.4 is 10.1 Å². The number of thiazole rings is 1. The third-order valence-corrected chi connectivity index (χ3v) is 9.02. The van der Waals surface area contributed by atoms with Gasteiger partial charge >= 0.3 is 17.9 Å². The second-order valence-corrected chi connectivity index (χ2v) is 11.9. The standard InChI is InChI=1S/C29H35N3O9S3/c1-6-38-13-12-32-19-11-10-18(26(35)39-7-2)14-20(19)43-29(32)31-22(34)16-42-15-21(33)30-25-23(27(36)40-8-3)17(5)24(44-25)28(37)41-9-4/h10-11,14H,6-9,12-13,15-16H2,1-5H3,(H,30,33). The van der Waals surface area contributed by atoms with Crippen LogP contribution in [0.2, 0.25) is 0 Å². The summed E-state index contributed by atoms with van der Waals surface area (Å²) in [5, 5.41) is 2.84. The lowest BCUT2D eigenvalue weighted by Crippen LogP contribution is -2.21. The Kier molecular flexibility index (Phi) is 13.6. The summed E-state index contributed by atoms with van der Waals surface area (Å²) in [6.45, 7) is 10.5. The van der Waals surface area contributed by atoms with Gasteiger partial charge in [0.05, 0.1) is 59.3 Å². The van der Waals surface area contributed by atoms with Crippen molar-refractivity contribution >= 4 is 79.4 Å². The predicted molar refractivity (Wildman–Crippen MR) is 170 cm³/mol. The Balaban J connectivity index is 1.74. The first kappa shape index (κ1) is 35.0. The molecule has 12 nitrogen and oxygen atoms in total. The molecule has 44 heavy (non-hydrogen) atoms. The maximum atomic E-state index is 12.8. The van der Waals surface area contributed by atoms with Crippen molar-refractivity contribution < 1.29 is 42.9 Å². The zero-order valence-corrected chi connectivity index (χ0v) is 27.6. The molecular formula is C29H35N3O9S3. The van der Waals surface area contributed by atoms with Crippen molar-refractivity contribution in [1.82, 2.24) is 4.57 Å². The van der Waals surface area contributed by atoms with Crippen molar-refractivity contribution in [3.63, 3.8) is 0 Å². The summed E-state index contributed by atoms with van der Waals surface area (Å²) in [4.78, 5) is 67.7. The van der Waals surface area contributed by atoms with E-state index >= 15 is 0 Å². The van der Waals surface area contributed by atoms with E-state index in [9.17, 15) is 24.0 Å². The molecule has 2 amide bonds. The van der Waals surface area contributed by atoms with E-state index in [-0.39, 0.29) is 46.8 Å². The van der Waals surface area contributed by atoms with Crippen LogP contribution in [0, 0.1) is 6.92 Å². The van der Waals surface area contributed by atoms with Crippen molar-refractivity contribution in [1.29, 1.82) is 0 Å². The number of ether oxygens (including phenoxy) is 4. The van der Waals surface area contributed by atoms with Crippen molar-refractivity contribution in [2.24, 2.45) is 4.99 Å². The van der Waals surface area contributed by atoms with Gasteiger partial charge in [-0.3, -0.25) is 9.59 Å². The Bertz CT molecular complexity index is 1590. The van der Waals surface area contributed by atoms with Crippen LogP contribution >= 0.6 is 34.4 Å².